The number of aryl methyl sites for hydroxylation is 3. The van der Waals surface area contributed by atoms with Crippen LogP contribution in [-0.2, 0) is 6.54 Å². The molecule has 25 heavy (non-hydrogen) atoms. The first-order valence-electron chi connectivity index (χ1n) is 8.21. The quantitative estimate of drug-likeness (QED) is 0.620. The molecule has 0 atom stereocenters. The van der Waals surface area contributed by atoms with Gasteiger partial charge >= 0.3 is 5.69 Å². The van der Waals surface area contributed by atoms with Crippen molar-refractivity contribution in [1.29, 1.82) is 0 Å². The Labute approximate surface area is 144 Å². The minimum absolute atomic E-state index is 0.112. The molecule has 4 aromatic rings. The SMILES string of the molecule is CCn1c(=O)[nH]c2cc(-c3noc(-c4ccc(C)c(C)c4)n3)ccc21. The molecule has 0 aliphatic heterocycles. The molecule has 0 unspecified atom stereocenters. The van der Waals surface area contributed by atoms with Gasteiger partial charge in [0, 0.05) is 17.7 Å². The average Bonchev–Trinajstić information content (AvgIpc) is 3.20. The summed E-state index contributed by atoms with van der Waals surface area (Å²) in [6, 6.07) is 11.7. The molecule has 4 rings (SSSR count). The Morgan fingerprint density at radius 1 is 1.08 bits per heavy atom. The zero-order valence-corrected chi connectivity index (χ0v) is 14.3. The third-order valence-corrected chi connectivity index (χ3v) is 4.53. The summed E-state index contributed by atoms with van der Waals surface area (Å²) < 4.78 is 7.11. The smallest absolute Gasteiger partial charge is 0.326 e. The number of hydrogen-bond donors (Lipinski definition) is 1. The van der Waals surface area contributed by atoms with E-state index in [2.05, 4.69) is 29.0 Å². The topological polar surface area (TPSA) is 76.7 Å². The number of rotatable bonds is 3. The van der Waals surface area contributed by atoms with Crippen LogP contribution in [0, 0.1) is 13.8 Å². The highest BCUT2D eigenvalue weighted by Crippen LogP contribution is 2.25. The van der Waals surface area contributed by atoms with E-state index in [0.29, 0.717) is 18.3 Å². The van der Waals surface area contributed by atoms with Crippen molar-refractivity contribution < 1.29 is 4.52 Å². The lowest BCUT2D eigenvalue weighted by molar-refractivity contribution is 0.432. The molecule has 0 fully saturated rings. The largest absolute Gasteiger partial charge is 0.334 e. The van der Waals surface area contributed by atoms with E-state index in [1.165, 1.54) is 11.1 Å². The molecule has 126 valence electrons. The summed E-state index contributed by atoms with van der Waals surface area (Å²) in [5.41, 5.74) is 5.62. The first kappa shape index (κ1) is 15.4. The molecule has 0 amide bonds. The van der Waals surface area contributed by atoms with E-state index >= 15 is 0 Å². The van der Waals surface area contributed by atoms with Crippen LogP contribution in [0.25, 0.3) is 33.9 Å². The molecule has 0 aliphatic rings. The Kier molecular flexibility index (Phi) is 3.53. The fraction of sp³-hybridized carbons (Fsp3) is 0.211. The van der Waals surface area contributed by atoms with Crippen molar-refractivity contribution in [2.75, 3.05) is 0 Å². The molecule has 6 nitrogen and oxygen atoms in total. The molecule has 1 N–H and O–H groups in total. The Morgan fingerprint density at radius 2 is 1.88 bits per heavy atom. The second kappa shape index (κ2) is 5.73. The number of benzene rings is 2. The molecule has 0 saturated carbocycles. The monoisotopic (exact) mass is 334 g/mol. The predicted octanol–water partition coefficient (Wildman–Crippen LogP) is 3.68. The molecule has 2 aromatic heterocycles. The number of aromatic nitrogens is 4. The van der Waals surface area contributed by atoms with Gasteiger partial charge in [-0.25, -0.2) is 4.79 Å². The third kappa shape index (κ3) is 2.55. The van der Waals surface area contributed by atoms with Gasteiger partial charge in [-0.3, -0.25) is 4.57 Å². The first-order chi connectivity index (χ1) is 12.1. The van der Waals surface area contributed by atoms with Crippen LogP contribution in [0.5, 0.6) is 0 Å². The van der Waals surface area contributed by atoms with E-state index in [1.54, 1.807) is 4.57 Å². The molecule has 0 bridgehead atoms. The van der Waals surface area contributed by atoms with Gasteiger partial charge in [-0.15, -0.1) is 0 Å². The van der Waals surface area contributed by atoms with Gasteiger partial charge in [-0.1, -0.05) is 11.2 Å². The third-order valence-electron chi connectivity index (χ3n) is 4.53. The van der Waals surface area contributed by atoms with Crippen LogP contribution in [-0.4, -0.2) is 19.7 Å². The number of H-pyrrole nitrogens is 1. The van der Waals surface area contributed by atoms with E-state index < -0.39 is 0 Å². The van der Waals surface area contributed by atoms with Gasteiger partial charge < -0.3 is 9.51 Å². The molecular weight excluding hydrogens is 316 g/mol. The summed E-state index contributed by atoms with van der Waals surface area (Å²) in [5, 5.41) is 4.09. The van der Waals surface area contributed by atoms with Gasteiger partial charge in [0.15, 0.2) is 0 Å². The Bertz CT molecular complexity index is 1130. The highest BCUT2D eigenvalue weighted by Gasteiger charge is 2.13. The molecule has 2 heterocycles. The number of nitrogens with one attached hydrogen (secondary N) is 1. The molecule has 6 heteroatoms. The highest BCUT2D eigenvalue weighted by molar-refractivity contribution is 5.80. The summed E-state index contributed by atoms with van der Waals surface area (Å²) in [4.78, 5) is 19.3. The van der Waals surface area contributed by atoms with Crippen molar-refractivity contribution in [2.24, 2.45) is 0 Å². The average molecular weight is 334 g/mol. The van der Waals surface area contributed by atoms with E-state index in [-0.39, 0.29) is 5.69 Å². The van der Waals surface area contributed by atoms with Gasteiger partial charge in [0.2, 0.25) is 5.82 Å². The van der Waals surface area contributed by atoms with Crippen molar-refractivity contribution in [3.05, 3.63) is 58.0 Å². The lowest BCUT2D eigenvalue weighted by Crippen LogP contribution is -2.14. The Balaban J connectivity index is 1.75. The van der Waals surface area contributed by atoms with Crippen molar-refractivity contribution >= 4 is 11.0 Å². The number of hydrogen-bond acceptors (Lipinski definition) is 4. The second-order valence-electron chi connectivity index (χ2n) is 6.13. The zero-order valence-electron chi connectivity index (χ0n) is 14.3. The molecular formula is C19H18N4O2. The predicted molar refractivity (Wildman–Crippen MR) is 96.4 cm³/mol. The molecule has 2 aromatic carbocycles. The van der Waals surface area contributed by atoms with Crippen LogP contribution in [0.15, 0.2) is 45.7 Å². The summed E-state index contributed by atoms with van der Waals surface area (Å²) in [6.45, 7) is 6.69. The van der Waals surface area contributed by atoms with Gasteiger partial charge in [-0.05, 0) is 62.2 Å². The van der Waals surface area contributed by atoms with Crippen LogP contribution in [0.1, 0.15) is 18.1 Å². The number of fused-ring (bicyclic) bond motifs is 1. The maximum absolute atomic E-state index is 11.9. The standard InChI is InChI=1S/C19H18N4O2/c1-4-23-16-8-7-13(10-15(16)20-19(23)24)17-21-18(25-22-17)14-6-5-11(2)12(3)9-14/h5-10H,4H2,1-3H3,(H,20,24). The van der Waals surface area contributed by atoms with Crippen LogP contribution in [0.4, 0.5) is 0 Å². The fourth-order valence-electron chi connectivity index (χ4n) is 2.95. The van der Waals surface area contributed by atoms with Crippen LogP contribution >= 0.6 is 0 Å². The summed E-state index contributed by atoms with van der Waals surface area (Å²) in [6.07, 6.45) is 0. The summed E-state index contributed by atoms with van der Waals surface area (Å²) in [7, 11) is 0. The van der Waals surface area contributed by atoms with Crippen LogP contribution in [0.2, 0.25) is 0 Å². The maximum atomic E-state index is 11.9. The maximum Gasteiger partial charge on any atom is 0.326 e. The molecule has 0 spiro atoms. The Morgan fingerprint density at radius 3 is 2.64 bits per heavy atom. The van der Waals surface area contributed by atoms with Crippen molar-refractivity contribution in [3.8, 4) is 22.8 Å². The summed E-state index contributed by atoms with van der Waals surface area (Å²) in [5.74, 6) is 0.984. The lowest BCUT2D eigenvalue weighted by Gasteiger charge is -2.00. The van der Waals surface area contributed by atoms with E-state index in [1.807, 2.05) is 43.3 Å². The van der Waals surface area contributed by atoms with Gasteiger partial charge in [0.1, 0.15) is 0 Å². The van der Waals surface area contributed by atoms with Crippen molar-refractivity contribution in [2.45, 2.75) is 27.3 Å². The lowest BCUT2D eigenvalue weighted by atomic mass is 10.1. The fourth-order valence-corrected chi connectivity index (χ4v) is 2.95. The van der Waals surface area contributed by atoms with Gasteiger partial charge in [0.25, 0.3) is 5.89 Å². The van der Waals surface area contributed by atoms with Gasteiger partial charge in [-0.2, -0.15) is 4.98 Å². The Hall–Kier alpha value is -3.15. The molecule has 0 aliphatic carbocycles. The minimum atomic E-state index is -0.112. The van der Waals surface area contributed by atoms with E-state index in [4.69, 9.17) is 4.52 Å². The normalized spacial score (nSPS) is 11.3. The zero-order chi connectivity index (χ0) is 17.6. The van der Waals surface area contributed by atoms with E-state index in [0.717, 1.165) is 22.2 Å². The minimum Gasteiger partial charge on any atom is -0.334 e. The number of imidazole rings is 1. The van der Waals surface area contributed by atoms with E-state index in [9.17, 15) is 4.79 Å². The van der Waals surface area contributed by atoms with Crippen LogP contribution < -0.4 is 5.69 Å². The molecule has 0 saturated heterocycles. The van der Waals surface area contributed by atoms with Crippen molar-refractivity contribution in [3.63, 3.8) is 0 Å². The summed E-state index contributed by atoms with van der Waals surface area (Å²) >= 11 is 0. The second-order valence-corrected chi connectivity index (χ2v) is 6.13. The molecule has 0 radical (unpaired) electrons. The number of nitrogens with zero attached hydrogens (tertiary/aromatic N) is 3. The number of aromatic amines is 1. The first-order valence-corrected chi connectivity index (χ1v) is 8.21. The van der Waals surface area contributed by atoms with Gasteiger partial charge in [0.05, 0.1) is 11.0 Å². The van der Waals surface area contributed by atoms with Crippen molar-refractivity contribution in [1.82, 2.24) is 19.7 Å². The highest BCUT2D eigenvalue weighted by atomic mass is 16.5. The van der Waals surface area contributed by atoms with Crippen LogP contribution in [0.3, 0.4) is 0 Å².